The van der Waals surface area contributed by atoms with Gasteiger partial charge in [0, 0.05) is 6.54 Å². The van der Waals surface area contributed by atoms with Crippen LogP contribution in [0.4, 0.5) is 0 Å². The molecular formula is C14H21N3Pt. The van der Waals surface area contributed by atoms with Crippen molar-refractivity contribution in [1.29, 1.82) is 0 Å². The van der Waals surface area contributed by atoms with E-state index >= 15 is 0 Å². The molecule has 2 N–H and O–H groups in total. The van der Waals surface area contributed by atoms with Gasteiger partial charge in [0.1, 0.15) is 0 Å². The van der Waals surface area contributed by atoms with Gasteiger partial charge in [-0.15, -0.1) is 0 Å². The van der Waals surface area contributed by atoms with Gasteiger partial charge in [-0.2, -0.15) is 0 Å². The summed E-state index contributed by atoms with van der Waals surface area (Å²) in [5.74, 6) is 0. The molecule has 4 heteroatoms. The number of imidazole rings is 1. The maximum absolute atomic E-state index is 5.40. The smallest absolute Gasteiger partial charge is 0.0178 e. The van der Waals surface area contributed by atoms with E-state index in [-0.39, 0.29) is 0 Å². The van der Waals surface area contributed by atoms with Crippen molar-refractivity contribution in [2.45, 2.75) is 26.9 Å². The molecule has 0 aliphatic rings. The molecule has 0 aliphatic carbocycles. The molecular weight excluding hydrogens is 405 g/mol. The molecule has 1 aromatic carbocycles. The number of aryl methyl sites for hydroxylation is 3. The minimum Gasteiger partial charge on any atom is -0.326 e. The number of aromatic nitrogens is 2. The Bertz CT molecular complexity index is 523. The van der Waals surface area contributed by atoms with Gasteiger partial charge in [0.15, 0.2) is 0 Å². The SMILES string of the molecule is CCn1ccn(C)[c]1=[Pt].Cc1ccc(CN)cc1. The topological polar surface area (TPSA) is 35.9 Å². The molecule has 0 aliphatic heterocycles. The standard InChI is InChI=1S/C8H11N.C6H10N2.Pt/c1-7-2-4-8(6-9)5-3-7;1-3-8-5-4-7(2)6-8;/h2-5H,6,9H2,1H3;4-5H,3H2,1-2H3;. The van der Waals surface area contributed by atoms with E-state index < -0.39 is 0 Å². The quantitative estimate of drug-likeness (QED) is 0.787. The van der Waals surface area contributed by atoms with Gasteiger partial charge >= 0.3 is 65.2 Å². The van der Waals surface area contributed by atoms with Crippen molar-refractivity contribution in [3.63, 3.8) is 0 Å². The first-order chi connectivity index (χ1) is 8.58. The van der Waals surface area contributed by atoms with Crippen molar-refractivity contribution in [3.05, 3.63) is 51.6 Å². The van der Waals surface area contributed by atoms with Crippen molar-refractivity contribution in [2.75, 3.05) is 0 Å². The van der Waals surface area contributed by atoms with Crippen LogP contribution in [0, 0.1) is 10.7 Å². The monoisotopic (exact) mass is 426 g/mol. The van der Waals surface area contributed by atoms with Crippen LogP contribution in [-0.4, -0.2) is 9.13 Å². The number of hydrogen-bond acceptors (Lipinski definition) is 1. The maximum Gasteiger partial charge on any atom is 0.0178 e. The van der Waals surface area contributed by atoms with Gasteiger partial charge in [0.25, 0.3) is 0 Å². The Morgan fingerprint density at radius 3 is 2.11 bits per heavy atom. The zero-order valence-electron chi connectivity index (χ0n) is 11.2. The predicted molar refractivity (Wildman–Crippen MR) is 71.4 cm³/mol. The zero-order chi connectivity index (χ0) is 13.5. The average molecular weight is 426 g/mol. The number of rotatable bonds is 2. The fraction of sp³-hybridized carbons (Fsp3) is 0.357. The van der Waals surface area contributed by atoms with Crippen LogP contribution in [-0.2, 0) is 39.5 Å². The Hall–Kier alpha value is -0.922. The summed E-state index contributed by atoms with van der Waals surface area (Å²) in [6.45, 7) is 5.91. The molecule has 18 heavy (non-hydrogen) atoms. The molecule has 0 saturated heterocycles. The summed E-state index contributed by atoms with van der Waals surface area (Å²) in [7, 11) is 2.05. The average Bonchev–Trinajstić information content (AvgIpc) is 2.71. The first kappa shape index (κ1) is 15.1. The van der Waals surface area contributed by atoms with E-state index in [1.807, 2.05) is 0 Å². The van der Waals surface area contributed by atoms with Gasteiger partial charge in [-0.1, -0.05) is 29.8 Å². The van der Waals surface area contributed by atoms with Gasteiger partial charge in [-0.3, -0.25) is 0 Å². The van der Waals surface area contributed by atoms with Gasteiger partial charge in [-0.25, -0.2) is 0 Å². The number of nitrogens with two attached hydrogens (primary N) is 1. The Morgan fingerprint density at radius 1 is 1.17 bits per heavy atom. The minimum absolute atomic E-state index is 0.639. The Balaban J connectivity index is 0.000000180. The van der Waals surface area contributed by atoms with Crippen LogP contribution >= 0.6 is 0 Å². The van der Waals surface area contributed by atoms with Crippen LogP contribution < -0.4 is 5.73 Å². The molecule has 2 rings (SSSR count). The summed E-state index contributed by atoms with van der Waals surface area (Å²) >= 11 is 2.31. The summed E-state index contributed by atoms with van der Waals surface area (Å²) in [5.41, 5.74) is 7.88. The fourth-order valence-corrected chi connectivity index (χ4v) is 2.15. The molecule has 2 aromatic rings. The molecule has 102 valence electrons. The van der Waals surface area contributed by atoms with Gasteiger partial charge in [0.05, 0.1) is 0 Å². The number of hydrogen-bond donors (Lipinski definition) is 1. The minimum atomic E-state index is 0.639. The van der Waals surface area contributed by atoms with Crippen LogP contribution in [0.5, 0.6) is 0 Å². The Morgan fingerprint density at radius 2 is 1.78 bits per heavy atom. The molecule has 0 spiro atoms. The summed E-state index contributed by atoms with van der Waals surface area (Å²) in [5, 5.41) is 0. The van der Waals surface area contributed by atoms with E-state index in [1.54, 1.807) is 0 Å². The molecule has 0 fully saturated rings. The molecule has 0 saturated carbocycles. The second kappa shape index (κ2) is 7.50. The third-order valence-electron chi connectivity index (χ3n) is 2.66. The number of nitrogens with zero attached hydrogens (tertiary/aromatic N) is 2. The van der Waals surface area contributed by atoms with Crippen molar-refractivity contribution in [3.8, 4) is 0 Å². The van der Waals surface area contributed by atoms with Crippen LogP contribution in [0.1, 0.15) is 18.1 Å². The fourth-order valence-electron chi connectivity index (χ4n) is 1.45. The maximum atomic E-state index is 5.40. The Labute approximate surface area is 120 Å². The van der Waals surface area contributed by atoms with Crippen molar-refractivity contribution < 1.29 is 19.4 Å². The van der Waals surface area contributed by atoms with Crippen LogP contribution in [0.3, 0.4) is 0 Å². The molecule has 0 atom stereocenters. The summed E-state index contributed by atoms with van der Waals surface area (Å²) in [6.07, 6.45) is 4.15. The molecule has 0 amide bonds. The normalized spacial score (nSPS) is 9.89. The first-order valence-electron chi connectivity index (χ1n) is 6.01. The molecule has 1 aromatic heterocycles. The summed E-state index contributed by atoms with van der Waals surface area (Å²) in [4.78, 5) is 0. The molecule has 3 nitrogen and oxygen atoms in total. The third kappa shape index (κ3) is 4.39. The molecule has 0 unspecified atom stereocenters. The largest absolute Gasteiger partial charge is 0.326 e. The van der Waals surface area contributed by atoms with Crippen LogP contribution in [0.25, 0.3) is 0 Å². The van der Waals surface area contributed by atoms with Gasteiger partial charge < -0.3 is 5.73 Å². The van der Waals surface area contributed by atoms with Crippen molar-refractivity contribution in [2.24, 2.45) is 12.8 Å². The third-order valence-corrected chi connectivity index (χ3v) is 4.11. The summed E-state index contributed by atoms with van der Waals surface area (Å²) < 4.78 is 5.57. The molecule has 1 heterocycles. The van der Waals surface area contributed by atoms with Crippen molar-refractivity contribution >= 4 is 0 Å². The summed E-state index contributed by atoms with van der Waals surface area (Å²) in [6, 6.07) is 8.25. The van der Waals surface area contributed by atoms with Gasteiger partial charge in [-0.05, 0) is 12.5 Å². The molecule has 0 radical (unpaired) electrons. The van der Waals surface area contributed by atoms with E-state index in [4.69, 9.17) is 5.73 Å². The van der Waals surface area contributed by atoms with E-state index in [0.717, 1.165) is 6.54 Å². The van der Waals surface area contributed by atoms with E-state index in [1.165, 1.54) is 14.9 Å². The number of benzene rings is 1. The predicted octanol–water partition coefficient (Wildman–Crippen LogP) is 2.38. The Kier molecular flexibility index (Phi) is 6.31. The van der Waals surface area contributed by atoms with Crippen molar-refractivity contribution in [1.82, 2.24) is 9.13 Å². The van der Waals surface area contributed by atoms with E-state index in [0.29, 0.717) is 6.54 Å². The van der Waals surface area contributed by atoms with E-state index in [9.17, 15) is 0 Å². The second-order valence-corrected chi connectivity index (χ2v) is 5.14. The van der Waals surface area contributed by atoms with Crippen LogP contribution in [0.2, 0.25) is 0 Å². The van der Waals surface area contributed by atoms with Crippen LogP contribution in [0.15, 0.2) is 36.7 Å². The molecule has 0 bridgehead atoms. The van der Waals surface area contributed by atoms with Gasteiger partial charge in [0.2, 0.25) is 0 Å². The first-order valence-corrected chi connectivity index (χ1v) is 7.14. The van der Waals surface area contributed by atoms with E-state index in [2.05, 4.69) is 86.0 Å². The second-order valence-electron chi connectivity index (χ2n) is 4.13. The zero-order valence-corrected chi connectivity index (χ0v) is 13.4.